The molecule has 1 atom stereocenters. The van der Waals surface area contributed by atoms with Gasteiger partial charge in [-0.05, 0) is 61.3 Å². The average Bonchev–Trinajstić information content (AvgIpc) is 2.75. The molecule has 0 bridgehead atoms. The molecular formula is C23H30FN3O2. The second kappa shape index (κ2) is 9.01. The molecule has 0 amide bonds. The number of halogens is 1. The summed E-state index contributed by atoms with van der Waals surface area (Å²) in [5.41, 5.74) is 2.22. The normalized spacial score (nSPS) is 21.3. The Morgan fingerprint density at radius 1 is 1.03 bits per heavy atom. The first-order valence-corrected chi connectivity index (χ1v) is 10.4. The molecule has 0 aliphatic carbocycles. The molecule has 2 aromatic rings. The summed E-state index contributed by atoms with van der Waals surface area (Å²) in [7, 11) is 1.57. The molecule has 2 fully saturated rings. The van der Waals surface area contributed by atoms with E-state index in [0.717, 1.165) is 57.1 Å². The molecule has 5 nitrogen and oxygen atoms in total. The molecule has 2 saturated heterocycles. The van der Waals surface area contributed by atoms with E-state index in [9.17, 15) is 9.50 Å². The molecule has 2 aliphatic heterocycles. The lowest BCUT2D eigenvalue weighted by Gasteiger charge is -2.44. The Kier molecular flexibility index (Phi) is 6.21. The molecule has 0 aromatic heterocycles. The minimum atomic E-state index is -0.181. The number of anilines is 1. The molecule has 6 heteroatoms. The number of rotatable bonds is 5. The van der Waals surface area contributed by atoms with Gasteiger partial charge in [0.05, 0.1) is 7.11 Å². The highest BCUT2D eigenvalue weighted by molar-refractivity contribution is 5.46. The smallest absolute Gasteiger partial charge is 0.160 e. The van der Waals surface area contributed by atoms with Gasteiger partial charge in [-0.15, -0.1) is 0 Å². The quantitative estimate of drug-likeness (QED) is 0.835. The first-order chi connectivity index (χ1) is 14.1. The summed E-state index contributed by atoms with van der Waals surface area (Å²) >= 11 is 0. The minimum absolute atomic E-state index is 0.181. The van der Waals surface area contributed by atoms with Crippen molar-refractivity contribution in [1.29, 1.82) is 0 Å². The third-order valence-corrected chi connectivity index (χ3v) is 6.15. The number of piperidine rings is 1. The highest BCUT2D eigenvalue weighted by atomic mass is 19.1. The van der Waals surface area contributed by atoms with Crippen LogP contribution in [-0.4, -0.2) is 67.3 Å². The largest absolute Gasteiger partial charge is 0.504 e. The van der Waals surface area contributed by atoms with Crippen LogP contribution in [0.4, 0.5) is 10.1 Å². The second-order valence-corrected chi connectivity index (χ2v) is 8.04. The molecule has 0 spiro atoms. The second-order valence-electron chi connectivity index (χ2n) is 8.04. The first-order valence-electron chi connectivity index (χ1n) is 10.4. The van der Waals surface area contributed by atoms with Gasteiger partial charge in [-0.2, -0.15) is 0 Å². The van der Waals surface area contributed by atoms with E-state index in [4.69, 9.17) is 4.74 Å². The molecule has 0 saturated carbocycles. The summed E-state index contributed by atoms with van der Waals surface area (Å²) < 4.78 is 18.3. The number of phenolic OH excluding ortho intramolecular Hbond substituents is 1. The maximum Gasteiger partial charge on any atom is 0.160 e. The molecule has 29 heavy (non-hydrogen) atoms. The Morgan fingerprint density at radius 3 is 2.48 bits per heavy atom. The molecule has 156 valence electrons. The standard InChI is InChI=1S/C23H30FN3O2/c1-29-23-9-4-18(15-22(23)28)16-25-10-2-3-21(17-25)27-13-11-26(12-14-27)20-7-5-19(24)6-8-20/h4-9,15,21,28H,2-3,10-14,16-17H2,1H3/t21-/m1/s1. The minimum Gasteiger partial charge on any atom is -0.504 e. The number of phenols is 1. The van der Waals surface area contributed by atoms with Crippen molar-refractivity contribution >= 4 is 5.69 Å². The van der Waals surface area contributed by atoms with Gasteiger partial charge in [-0.25, -0.2) is 4.39 Å². The van der Waals surface area contributed by atoms with Gasteiger partial charge in [-0.3, -0.25) is 9.80 Å². The lowest BCUT2D eigenvalue weighted by Crippen LogP contribution is -2.55. The van der Waals surface area contributed by atoms with Crippen molar-refractivity contribution in [3.8, 4) is 11.5 Å². The summed E-state index contributed by atoms with van der Waals surface area (Å²) in [5, 5.41) is 10.0. The average molecular weight is 400 g/mol. The molecule has 0 unspecified atom stereocenters. The van der Waals surface area contributed by atoms with E-state index in [-0.39, 0.29) is 11.6 Å². The molecular weight excluding hydrogens is 369 g/mol. The number of ether oxygens (including phenoxy) is 1. The molecule has 2 aliphatic rings. The molecule has 2 heterocycles. The maximum atomic E-state index is 13.2. The number of likely N-dealkylation sites (tertiary alicyclic amines) is 1. The number of nitrogens with zero attached hydrogens (tertiary/aromatic N) is 3. The third-order valence-electron chi connectivity index (χ3n) is 6.15. The van der Waals surface area contributed by atoms with E-state index in [1.807, 2.05) is 30.3 Å². The Hall–Kier alpha value is -2.31. The van der Waals surface area contributed by atoms with Gasteiger partial charge in [0.15, 0.2) is 11.5 Å². The van der Waals surface area contributed by atoms with Crippen LogP contribution < -0.4 is 9.64 Å². The molecule has 1 N–H and O–H groups in total. The summed E-state index contributed by atoms with van der Waals surface area (Å²) in [6.07, 6.45) is 2.44. The first kappa shape index (κ1) is 20.0. The lowest BCUT2D eigenvalue weighted by atomic mass is 10.0. The van der Waals surface area contributed by atoms with Gasteiger partial charge in [0.2, 0.25) is 0 Å². The van der Waals surface area contributed by atoms with E-state index < -0.39 is 0 Å². The number of aromatic hydroxyl groups is 1. The Labute approximate surface area is 172 Å². The molecule has 2 aromatic carbocycles. The number of benzene rings is 2. The summed E-state index contributed by atoms with van der Waals surface area (Å²) in [6, 6.07) is 13.1. The van der Waals surface area contributed by atoms with Crippen LogP contribution in [-0.2, 0) is 6.54 Å². The zero-order valence-electron chi connectivity index (χ0n) is 17.1. The SMILES string of the molecule is COc1ccc(CN2CCC[C@@H](N3CCN(c4ccc(F)cc4)CC3)C2)cc1O. The van der Waals surface area contributed by atoms with Crippen LogP contribution in [0, 0.1) is 5.82 Å². The van der Waals surface area contributed by atoms with Crippen LogP contribution in [0.2, 0.25) is 0 Å². The van der Waals surface area contributed by atoms with Crippen LogP contribution >= 0.6 is 0 Å². The van der Waals surface area contributed by atoms with Crippen LogP contribution in [0.15, 0.2) is 42.5 Å². The zero-order valence-corrected chi connectivity index (χ0v) is 17.1. The number of methoxy groups -OCH3 is 1. The van der Waals surface area contributed by atoms with Crippen molar-refractivity contribution in [2.75, 3.05) is 51.3 Å². The van der Waals surface area contributed by atoms with Crippen LogP contribution in [0.5, 0.6) is 11.5 Å². The molecule has 0 radical (unpaired) electrons. The van der Waals surface area contributed by atoms with Crippen molar-refractivity contribution < 1.29 is 14.2 Å². The zero-order chi connectivity index (χ0) is 20.2. The molecule has 4 rings (SSSR count). The van der Waals surface area contributed by atoms with Crippen LogP contribution in [0.1, 0.15) is 18.4 Å². The van der Waals surface area contributed by atoms with Crippen molar-refractivity contribution in [3.63, 3.8) is 0 Å². The summed E-state index contributed by atoms with van der Waals surface area (Å²) in [5.74, 6) is 0.541. The van der Waals surface area contributed by atoms with Crippen molar-refractivity contribution in [3.05, 3.63) is 53.8 Å². The fraction of sp³-hybridized carbons (Fsp3) is 0.478. The Morgan fingerprint density at radius 2 is 1.79 bits per heavy atom. The van der Waals surface area contributed by atoms with Crippen LogP contribution in [0.25, 0.3) is 0 Å². The number of hydrogen-bond donors (Lipinski definition) is 1. The Bertz CT molecular complexity index is 806. The maximum absolute atomic E-state index is 13.2. The van der Waals surface area contributed by atoms with Crippen molar-refractivity contribution in [2.45, 2.75) is 25.4 Å². The highest BCUT2D eigenvalue weighted by Gasteiger charge is 2.28. The fourth-order valence-electron chi connectivity index (χ4n) is 4.56. The van der Waals surface area contributed by atoms with Crippen molar-refractivity contribution in [2.24, 2.45) is 0 Å². The van der Waals surface area contributed by atoms with Gasteiger partial charge in [0.1, 0.15) is 5.82 Å². The Balaban J connectivity index is 1.31. The van der Waals surface area contributed by atoms with E-state index >= 15 is 0 Å². The highest BCUT2D eigenvalue weighted by Crippen LogP contribution is 2.28. The predicted molar refractivity (Wildman–Crippen MR) is 113 cm³/mol. The van der Waals surface area contributed by atoms with Gasteiger partial charge >= 0.3 is 0 Å². The van der Waals surface area contributed by atoms with Crippen LogP contribution in [0.3, 0.4) is 0 Å². The fourth-order valence-corrected chi connectivity index (χ4v) is 4.56. The summed E-state index contributed by atoms with van der Waals surface area (Å²) in [6.45, 7) is 7.05. The van der Waals surface area contributed by atoms with Gasteiger partial charge in [0, 0.05) is 51.0 Å². The van der Waals surface area contributed by atoms with Gasteiger partial charge < -0.3 is 14.7 Å². The topological polar surface area (TPSA) is 39.2 Å². The summed E-state index contributed by atoms with van der Waals surface area (Å²) in [4.78, 5) is 7.44. The van der Waals surface area contributed by atoms with Gasteiger partial charge in [-0.1, -0.05) is 6.07 Å². The third kappa shape index (κ3) is 4.82. The van der Waals surface area contributed by atoms with Gasteiger partial charge in [0.25, 0.3) is 0 Å². The monoisotopic (exact) mass is 399 g/mol. The lowest BCUT2D eigenvalue weighted by molar-refractivity contribution is 0.0887. The number of hydrogen-bond acceptors (Lipinski definition) is 5. The van der Waals surface area contributed by atoms with E-state index in [2.05, 4.69) is 14.7 Å². The van der Waals surface area contributed by atoms with Crippen molar-refractivity contribution in [1.82, 2.24) is 9.80 Å². The van der Waals surface area contributed by atoms with E-state index in [1.54, 1.807) is 7.11 Å². The number of piperazine rings is 1. The van der Waals surface area contributed by atoms with E-state index in [0.29, 0.717) is 11.8 Å². The van der Waals surface area contributed by atoms with E-state index in [1.165, 1.54) is 25.0 Å². The predicted octanol–water partition coefficient (Wildman–Crippen LogP) is 3.33.